The predicted octanol–water partition coefficient (Wildman–Crippen LogP) is 2.48. The number of hydrogen-bond acceptors (Lipinski definition) is 4. The molecule has 0 saturated carbocycles. The molecule has 3 amide bonds. The standard InChI is InChI=1S/C19H21N3O3S/c1-13-11-15(4-5-16(13)22-9-2-3-17(22)23)21-19(25)18(24)20-8-6-14-7-10-26-12-14/h4-5,7,10-12H,2-3,6,8-9H2,1H3,(H,20,24)(H,21,25). The van der Waals surface area contributed by atoms with Crippen LogP contribution >= 0.6 is 11.3 Å². The van der Waals surface area contributed by atoms with Crippen molar-refractivity contribution in [2.75, 3.05) is 23.3 Å². The number of nitrogens with one attached hydrogen (secondary N) is 2. The third-order valence-corrected chi connectivity index (χ3v) is 5.04. The van der Waals surface area contributed by atoms with Crippen LogP contribution in [0.5, 0.6) is 0 Å². The van der Waals surface area contributed by atoms with Crippen LogP contribution in [0.4, 0.5) is 11.4 Å². The molecule has 1 aromatic carbocycles. The zero-order valence-electron chi connectivity index (χ0n) is 14.6. The molecule has 0 spiro atoms. The summed E-state index contributed by atoms with van der Waals surface area (Å²) < 4.78 is 0. The van der Waals surface area contributed by atoms with E-state index in [-0.39, 0.29) is 5.91 Å². The second kappa shape index (κ2) is 8.14. The average Bonchev–Trinajstić information content (AvgIpc) is 3.27. The van der Waals surface area contributed by atoms with E-state index >= 15 is 0 Å². The Balaban J connectivity index is 1.54. The highest BCUT2D eigenvalue weighted by Gasteiger charge is 2.23. The summed E-state index contributed by atoms with van der Waals surface area (Å²) in [6, 6.07) is 7.29. The first-order valence-corrected chi connectivity index (χ1v) is 9.50. The molecule has 0 bridgehead atoms. The zero-order valence-corrected chi connectivity index (χ0v) is 15.4. The molecule has 3 rings (SSSR count). The van der Waals surface area contributed by atoms with E-state index in [1.54, 1.807) is 28.4 Å². The van der Waals surface area contributed by atoms with Gasteiger partial charge in [-0.25, -0.2) is 0 Å². The van der Waals surface area contributed by atoms with Gasteiger partial charge in [0.15, 0.2) is 0 Å². The monoisotopic (exact) mass is 371 g/mol. The van der Waals surface area contributed by atoms with Crippen molar-refractivity contribution >= 4 is 40.4 Å². The fourth-order valence-corrected chi connectivity index (χ4v) is 3.67. The van der Waals surface area contributed by atoms with Gasteiger partial charge in [0.2, 0.25) is 5.91 Å². The molecule has 2 aromatic rings. The summed E-state index contributed by atoms with van der Waals surface area (Å²) in [6.07, 6.45) is 2.13. The van der Waals surface area contributed by atoms with E-state index in [2.05, 4.69) is 10.6 Å². The number of amides is 3. The molecule has 6 nitrogen and oxygen atoms in total. The lowest BCUT2D eigenvalue weighted by Crippen LogP contribution is -2.36. The van der Waals surface area contributed by atoms with Crippen molar-refractivity contribution < 1.29 is 14.4 Å². The van der Waals surface area contributed by atoms with Gasteiger partial charge in [0, 0.05) is 30.9 Å². The van der Waals surface area contributed by atoms with Gasteiger partial charge in [-0.15, -0.1) is 0 Å². The number of thiophene rings is 1. The molecule has 1 aliphatic heterocycles. The number of nitrogens with zero attached hydrogens (tertiary/aromatic N) is 1. The average molecular weight is 371 g/mol. The number of aryl methyl sites for hydroxylation is 1. The van der Waals surface area contributed by atoms with Gasteiger partial charge in [0.25, 0.3) is 0 Å². The topological polar surface area (TPSA) is 78.5 Å². The lowest BCUT2D eigenvalue weighted by molar-refractivity contribution is -0.136. The number of carbonyl (C=O) groups excluding carboxylic acids is 3. The van der Waals surface area contributed by atoms with E-state index in [1.807, 2.05) is 29.8 Å². The van der Waals surface area contributed by atoms with Crippen LogP contribution in [-0.2, 0) is 20.8 Å². The minimum Gasteiger partial charge on any atom is -0.347 e. The highest BCUT2D eigenvalue weighted by atomic mass is 32.1. The summed E-state index contributed by atoms with van der Waals surface area (Å²) in [4.78, 5) is 37.6. The predicted molar refractivity (Wildman–Crippen MR) is 102 cm³/mol. The van der Waals surface area contributed by atoms with E-state index < -0.39 is 11.8 Å². The van der Waals surface area contributed by atoms with E-state index in [1.165, 1.54) is 0 Å². The Morgan fingerprint density at radius 2 is 2.08 bits per heavy atom. The van der Waals surface area contributed by atoms with Crippen molar-refractivity contribution in [2.24, 2.45) is 0 Å². The van der Waals surface area contributed by atoms with Crippen molar-refractivity contribution in [3.63, 3.8) is 0 Å². The maximum atomic E-state index is 12.0. The van der Waals surface area contributed by atoms with Crippen LogP contribution in [0.25, 0.3) is 0 Å². The van der Waals surface area contributed by atoms with Gasteiger partial charge in [-0.3, -0.25) is 14.4 Å². The second-order valence-electron chi connectivity index (χ2n) is 6.24. The molecule has 1 fully saturated rings. The molecule has 0 aliphatic carbocycles. The first kappa shape index (κ1) is 18.1. The molecule has 136 valence electrons. The first-order chi connectivity index (χ1) is 12.5. The van der Waals surface area contributed by atoms with E-state index in [9.17, 15) is 14.4 Å². The summed E-state index contributed by atoms with van der Waals surface area (Å²) in [5, 5.41) is 9.21. The van der Waals surface area contributed by atoms with Crippen molar-refractivity contribution in [3.05, 3.63) is 46.2 Å². The third kappa shape index (κ3) is 4.29. The minimum atomic E-state index is -0.695. The molecule has 0 unspecified atom stereocenters. The molecule has 1 aromatic heterocycles. The highest BCUT2D eigenvalue weighted by molar-refractivity contribution is 7.07. The molecule has 2 heterocycles. The number of anilines is 2. The van der Waals surface area contributed by atoms with Crippen LogP contribution in [-0.4, -0.2) is 30.8 Å². The number of benzene rings is 1. The Morgan fingerprint density at radius 3 is 2.73 bits per heavy atom. The van der Waals surface area contributed by atoms with E-state index in [0.717, 1.165) is 29.8 Å². The van der Waals surface area contributed by atoms with Gasteiger partial charge in [0.05, 0.1) is 0 Å². The van der Waals surface area contributed by atoms with E-state index in [0.29, 0.717) is 25.1 Å². The Morgan fingerprint density at radius 1 is 1.23 bits per heavy atom. The second-order valence-corrected chi connectivity index (χ2v) is 7.02. The van der Waals surface area contributed by atoms with E-state index in [4.69, 9.17) is 0 Å². The molecule has 1 aliphatic rings. The van der Waals surface area contributed by atoms with Crippen molar-refractivity contribution in [1.29, 1.82) is 0 Å². The lowest BCUT2D eigenvalue weighted by atomic mass is 10.1. The quantitative estimate of drug-likeness (QED) is 0.793. The van der Waals surface area contributed by atoms with Crippen LogP contribution in [0, 0.1) is 6.92 Å². The summed E-state index contributed by atoms with van der Waals surface area (Å²) in [5.41, 5.74) is 3.41. The van der Waals surface area contributed by atoms with Crippen LogP contribution < -0.4 is 15.5 Å². The maximum absolute atomic E-state index is 12.0. The normalized spacial score (nSPS) is 13.7. The van der Waals surface area contributed by atoms with Gasteiger partial charge in [-0.1, -0.05) is 0 Å². The molecular weight excluding hydrogens is 350 g/mol. The third-order valence-electron chi connectivity index (χ3n) is 4.30. The Labute approximate surface area is 156 Å². The Bertz CT molecular complexity index is 817. The van der Waals surface area contributed by atoms with Crippen LogP contribution in [0.1, 0.15) is 24.0 Å². The molecule has 26 heavy (non-hydrogen) atoms. The maximum Gasteiger partial charge on any atom is 0.313 e. The lowest BCUT2D eigenvalue weighted by Gasteiger charge is -2.19. The minimum absolute atomic E-state index is 0.120. The van der Waals surface area contributed by atoms with Crippen molar-refractivity contribution in [1.82, 2.24) is 5.32 Å². The molecule has 1 saturated heterocycles. The molecule has 2 N–H and O–H groups in total. The number of hydrogen-bond donors (Lipinski definition) is 2. The number of rotatable bonds is 5. The molecule has 0 radical (unpaired) electrons. The Kier molecular flexibility index (Phi) is 5.68. The number of carbonyl (C=O) groups is 3. The SMILES string of the molecule is Cc1cc(NC(=O)C(=O)NCCc2ccsc2)ccc1N1CCCC1=O. The van der Waals surface area contributed by atoms with Gasteiger partial charge in [-0.2, -0.15) is 11.3 Å². The fraction of sp³-hybridized carbons (Fsp3) is 0.316. The van der Waals surface area contributed by atoms with Crippen LogP contribution in [0.15, 0.2) is 35.0 Å². The van der Waals surface area contributed by atoms with Crippen LogP contribution in [0.2, 0.25) is 0 Å². The first-order valence-electron chi connectivity index (χ1n) is 8.56. The molecule has 0 atom stereocenters. The summed E-state index contributed by atoms with van der Waals surface area (Å²) in [7, 11) is 0. The van der Waals surface area contributed by atoms with Crippen molar-refractivity contribution in [2.45, 2.75) is 26.2 Å². The van der Waals surface area contributed by atoms with Gasteiger partial charge >= 0.3 is 11.8 Å². The summed E-state index contributed by atoms with van der Waals surface area (Å²) in [6.45, 7) is 3.02. The fourth-order valence-electron chi connectivity index (χ4n) is 2.96. The smallest absolute Gasteiger partial charge is 0.313 e. The molecular formula is C19H21N3O3S. The van der Waals surface area contributed by atoms with Gasteiger partial charge in [-0.05, 0) is 65.9 Å². The Hall–Kier alpha value is -2.67. The summed E-state index contributed by atoms with van der Waals surface area (Å²) >= 11 is 1.60. The highest BCUT2D eigenvalue weighted by Crippen LogP contribution is 2.27. The molecule has 7 heteroatoms. The summed E-state index contributed by atoms with van der Waals surface area (Å²) in [5.74, 6) is -1.23. The zero-order chi connectivity index (χ0) is 18.5. The van der Waals surface area contributed by atoms with Gasteiger partial charge < -0.3 is 15.5 Å². The van der Waals surface area contributed by atoms with Crippen LogP contribution in [0.3, 0.4) is 0 Å². The van der Waals surface area contributed by atoms with Gasteiger partial charge in [0.1, 0.15) is 0 Å². The largest absolute Gasteiger partial charge is 0.347 e. The van der Waals surface area contributed by atoms with Crippen molar-refractivity contribution in [3.8, 4) is 0 Å².